The molecule has 2 rings (SSSR count). The van der Waals surface area contributed by atoms with Crippen molar-refractivity contribution in [2.75, 3.05) is 14.1 Å². The summed E-state index contributed by atoms with van der Waals surface area (Å²) in [6, 6.07) is 7.84. The van der Waals surface area contributed by atoms with Gasteiger partial charge in [-0.3, -0.25) is 9.80 Å². The van der Waals surface area contributed by atoms with Gasteiger partial charge in [-0.1, -0.05) is 0 Å². The van der Waals surface area contributed by atoms with E-state index in [2.05, 4.69) is 37.7 Å². The lowest BCUT2D eigenvalue weighted by Gasteiger charge is -2.42. The van der Waals surface area contributed by atoms with Crippen LogP contribution in [-0.4, -0.2) is 29.6 Å². The van der Waals surface area contributed by atoms with Crippen LogP contribution in [0.5, 0.6) is 0 Å². The Morgan fingerprint density at radius 3 is 1.63 bits per heavy atom. The first kappa shape index (κ1) is 13.9. The molecule has 0 amide bonds. The van der Waals surface area contributed by atoms with Gasteiger partial charge < -0.3 is 8.83 Å². The van der Waals surface area contributed by atoms with E-state index in [0.717, 1.165) is 24.6 Å². The second-order valence-electron chi connectivity index (χ2n) is 5.37. The lowest BCUT2D eigenvalue weighted by Crippen LogP contribution is -2.52. The van der Waals surface area contributed by atoms with Crippen LogP contribution in [-0.2, 0) is 13.1 Å². The van der Waals surface area contributed by atoms with Crippen molar-refractivity contribution < 1.29 is 8.83 Å². The second-order valence-corrected chi connectivity index (χ2v) is 5.37. The van der Waals surface area contributed by atoms with Crippen LogP contribution in [0.3, 0.4) is 0 Å². The molecule has 0 aliphatic heterocycles. The maximum absolute atomic E-state index is 5.41. The van der Waals surface area contributed by atoms with Gasteiger partial charge in [0, 0.05) is 0 Å². The van der Waals surface area contributed by atoms with Crippen molar-refractivity contribution in [2.45, 2.75) is 32.6 Å². The van der Waals surface area contributed by atoms with E-state index in [1.807, 2.05) is 24.3 Å². The molecule has 0 bridgehead atoms. The van der Waals surface area contributed by atoms with E-state index in [1.54, 1.807) is 12.5 Å². The van der Waals surface area contributed by atoms with Crippen LogP contribution < -0.4 is 0 Å². The summed E-state index contributed by atoms with van der Waals surface area (Å²) in [5, 5.41) is 0. The molecule has 0 N–H and O–H groups in total. The van der Waals surface area contributed by atoms with Crippen LogP contribution in [0.15, 0.2) is 45.6 Å². The maximum Gasteiger partial charge on any atom is 0.117 e. The third kappa shape index (κ3) is 3.28. The van der Waals surface area contributed by atoms with Gasteiger partial charge in [-0.2, -0.15) is 0 Å². The molecule has 4 heteroatoms. The molecular formula is C15H22N2O2. The molecule has 0 aliphatic rings. The first-order chi connectivity index (χ1) is 9.00. The maximum atomic E-state index is 5.41. The minimum Gasteiger partial charge on any atom is -0.468 e. The molecule has 104 valence electrons. The molecule has 0 spiro atoms. The molecule has 2 aromatic rings. The SMILES string of the molecule is CN(Cc1ccco1)C(C)(C)N(C)Cc1ccco1. The lowest BCUT2D eigenvalue weighted by atomic mass is 10.1. The first-order valence-corrected chi connectivity index (χ1v) is 6.47. The van der Waals surface area contributed by atoms with E-state index in [0.29, 0.717) is 0 Å². The second kappa shape index (κ2) is 5.63. The molecule has 0 aromatic carbocycles. The van der Waals surface area contributed by atoms with E-state index in [4.69, 9.17) is 8.83 Å². The number of hydrogen-bond acceptors (Lipinski definition) is 4. The molecule has 0 saturated carbocycles. The van der Waals surface area contributed by atoms with Gasteiger partial charge in [0.25, 0.3) is 0 Å². The highest BCUT2D eigenvalue weighted by molar-refractivity contribution is 5.01. The fourth-order valence-corrected chi connectivity index (χ4v) is 1.95. The minimum atomic E-state index is -0.0976. The van der Waals surface area contributed by atoms with Crippen LogP contribution in [0.4, 0.5) is 0 Å². The van der Waals surface area contributed by atoms with Gasteiger partial charge in [0.2, 0.25) is 0 Å². The Morgan fingerprint density at radius 2 is 1.32 bits per heavy atom. The molecule has 4 nitrogen and oxygen atoms in total. The highest BCUT2D eigenvalue weighted by Gasteiger charge is 2.29. The molecule has 0 radical (unpaired) electrons. The van der Waals surface area contributed by atoms with Crippen LogP contribution >= 0.6 is 0 Å². The summed E-state index contributed by atoms with van der Waals surface area (Å²) < 4.78 is 10.8. The van der Waals surface area contributed by atoms with Gasteiger partial charge in [-0.15, -0.1) is 0 Å². The zero-order chi connectivity index (χ0) is 13.9. The summed E-state index contributed by atoms with van der Waals surface area (Å²) in [5.74, 6) is 1.95. The van der Waals surface area contributed by atoms with Crippen molar-refractivity contribution >= 4 is 0 Å². The average Bonchev–Trinajstić information content (AvgIpc) is 3.01. The molecule has 0 unspecified atom stereocenters. The fourth-order valence-electron chi connectivity index (χ4n) is 1.95. The smallest absolute Gasteiger partial charge is 0.117 e. The summed E-state index contributed by atoms with van der Waals surface area (Å²) in [5.41, 5.74) is -0.0976. The van der Waals surface area contributed by atoms with E-state index in [1.165, 1.54) is 0 Å². The molecular weight excluding hydrogens is 240 g/mol. The molecule has 0 atom stereocenters. The van der Waals surface area contributed by atoms with E-state index in [-0.39, 0.29) is 5.66 Å². The largest absolute Gasteiger partial charge is 0.468 e. The average molecular weight is 262 g/mol. The predicted octanol–water partition coefficient (Wildman–Crippen LogP) is 3.17. The standard InChI is InChI=1S/C15H22N2O2/c1-15(2,16(3)11-13-7-5-9-18-13)17(4)12-14-8-6-10-19-14/h5-10H,11-12H2,1-4H3. The highest BCUT2D eigenvalue weighted by atomic mass is 16.3. The minimum absolute atomic E-state index is 0.0976. The third-order valence-electron chi connectivity index (χ3n) is 3.81. The van der Waals surface area contributed by atoms with Crippen molar-refractivity contribution in [3.8, 4) is 0 Å². The monoisotopic (exact) mass is 262 g/mol. The zero-order valence-electron chi connectivity index (χ0n) is 12.1. The van der Waals surface area contributed by atoms with Gasteiger partial charge in [-0.25, -0.2) is 0 Å². The Labute approximate surface area is 114 Å². The van der Waals surface area contributed by atoms with Crippen LogP contribution in [0.1, 0.15) is 25.4 Å². The van der Waals surface area contributed by atoms with Crippen molar-refractivity contribution in [1.29, 1.82) is 0 Å². The third-order valence-corrected chi connectivity index (χ3v) is 3.81. The quantitative estimate of drug-likeness (QED) is 0.749. The van der Waals surface area contributed by atoms with E-state index >= 15 is 0 Å². The number of rotatable bonds is 6. The Hall–Kier alpha value is -1.52. The summed E-state index contributed by atoms with van der Waals surface area (Å²) in [7, 11) is 4.20. The first-order valence-electron chi connectivity index (χ1n) is 6.47. The van der Waals surface area contributed by atoms with Crippen molar-refractivity contribution in [2.24, 2.45) is 0 Å². The van der Waals surface area contributed by atoms with Crippen LogP contribution in [0, 0.1) is 0 Å². The summed E-state index contributed by atoms with van der Waals surface area (Å²) in [6.07, 6.45) is 3.42. The van der Waals surface area contributed by atoms with Gasteiger partial charge in [0.15, 0.2) is 0 Å². The fraction of sp³-hybridized carbons (Fsp3) is 0.467. The zero-order valence-corrected chi connectivity index (χ0v) is 12.1. The van der Waals surface area contributed by atoms with E-state index in [9.17, 15) is 0 Å². The van der Waals surface area contributed by atoms with Crippen molar-refractivity contribution in [3.05, 3.63) is 48.3 Å². The van der Waals surface area contributed by atoms with Crippen molar-refractivity contribution in [3.63, 3.8) is 0 Å². The van der Waals surface area contributed by atoms with Crippen LogP contribution in [0.2, 0.25) is 0 Å². The molecule has 2 aromatic heterocycles. The van der Waals surface area contributed by atoms with Gasteiger partial charge in [-0.05, 0) is 52.2 Å². The molecule has 0 saturated heterocycles. The highest BCUT2D eigenvalue weighted by Crippen LogP contribution is 2.21. The van der Waals surface area contributed by atoms with Gasteiger partial charge in [0.05, 0.1) is 31.3 Å². The Kier molecular flexibility index (Phi) is 4.12. The number of nitrogens with zero attached hydrogens (tertiary/aromatic N) is 2. The van der Waals surface area contributed by atoms with Crippen molar-refractivity contribution in [1.82, 2.24) is 9.80 Å². The molecule has 0 aliphatic carbocycles. The van der Waals surface area contributed by atoms with Crippen LogP contribution in [0.25, 0.3) is 0 Å². The summed E-state index contributed by atoms with van der Waals surface area (Å²) in [6.45, 7) is 5.95. The normalized spacial score (nSPS) is 12.5. The molecule has 19 heavy (non-hydrogen) atoms. The number of hydrogen-bond donors (Lipinski definition) is 0. The van der Waals surface area contributed by atoms with Gasteiger partial charge in [0.1, 0.15) is 11.5 Å². The number of furan rings is 2. The Bertz CT molecular complexity index is 430. The Morgan fingerprint density at radius 1 is 0.895 bits per heavy atom. The topological polar surface area (TPSA) is 32.8 Å². The molecule has 0 fully saturated rings. The predicted molar refractivity (Wildman–Crippen MR) is 74.4 cm³/mol. The lowest BCUT2D eigenvalue weighted by molar-refractivity contribution is -0.0159. The van der Waals surface area contributed by atoms with E-state index < -0.39 is 0 Å². The molecule has 2 heterocycles. The van der Waals surface area contributed by atoms with Gasteiger partial charge >= 0.3 is 0 Å². The Balaban J connectivity index is 1.99. The summed E-state index contributed by atoms with van der Waals surface area (Å²) in [4.78, 5) is 4.52. The summed E-state index contributed by atoms with van der Waals surface area (Å²) >= 11 is 0.